The van der Waals surface area contributed by atoms with Crippen LogP contribution in [0.1, 0.15) is 10.7 Å². The largest absolute Gasteiger partial charge is 0.345 e. The van der Waals surface area contributed by atoms with Gasteiger partial charge < -0.3 is 4.98 Å². The van der Waals surface area contributed by atoms with Crippen LogP contribution in [0, 0.1) is 13.8 Å². The lowest BCUT2D eigenvalue weighted by molar-refractivity contribution is 1.08. The Kier molecular flexibility index (Phi) is 2.17. The molecular formula is C9H9N3OS. The number of hydrogen-bond acceptors (Lipinski definition) is 4. The van der Waals surface area contributed by atoms with E-state index in [4.69, 9.17) is 0 Å². The van der Waals surface area contributed by atoms with Gasteiger partial charge in [-0.2, -0.15) is 0 Å². The molecular weight excluding hydrogens is 198 g/mol. The lowest BCUT2D eigenvalue weighted by atomic mass is 10.3. The van der Waals surface area contributed by atoms with E-state index in [1.807, 2.05) is 13.8 Å². The molecule has 0 unspecified atom stereocenters. The van der Waals surface area contributed by atoms with Gasteiger partial charge in [0.15, 0.2) is 0 Å². The number of aryl methyl sites for hydroxylation is 2. The predicted molar refractivity (Wildman–Crippen MR) is 55.4 cm³/mol. The van der Waals surface area contributed by atoms with Crippen LogP contribution in [0.5, 0.6) is 0 Å². The van der Waals surface area contributed by atoms with Gasteiger partial charge in [-0.3, -0.25) is 0 Å². The molecule has 0 spiro atoms. The Morgan fingerprint density at radius 2 is 2.21 bits per heavy atom. The van der Waals surface area contributed by atoms with E-state index in [2.05, 4.69) is 15.0 Å². The van der Waals surface area contributed by atoms with Crippen LogP contribution in [0.3, 0.4) is 0 Å². The Labute approximate surface area is 84.7 Å². The van der Waals surface area contributed by atoms with Gasteiger partial charge in [0.25, 0.3) is 0 Å². The molecule has 4 nitrogen and oxygen atoms in total. The van der Waals surface area contributed by atoms with Gasteiger partial charge >= 0.3 is 5.69 Å². The fourth-order valence-electron chi connectivity index (χ4n) is 1.28. The predicted octanol–water partition coefficient (Wildman–Crippen LogP) is 1.51. The van der Waals surface area contributed by atoms with Crippen LogP contribution in [0.2, 0.25) is 0 Å². The highest BCUT2D eigenvalue weighted by molar-refractivity contribution is 7.15. The third-order valence-electron chi connectivity index (χ3n) is 1.82. The van der Waals surface area contributed by atoms with Crippen LogP contribution in [0.25, 0.3) is 10.6 Å². The minimum absolute atomic E-state index is 0.326. The minimum Gasteiger partial charge on any atom is -0.305 e. The zero-order valence-electron chi connectivity index (χ0n) is 7.87. The second kappa shape index (κ2) is 3.34. The molecule has 0 aliphatic rings. The standard InChI is InChI=1S/C9H9N3OS/c1-5-8(14-6(2)11-5)7-3-4-10-9(13)12-7/h3-4H,1-2H3,(H,10,12,13). The second-order valence-corrected chi connectivity index (χ2v) is 4.14. The zero-order chi connectivity index (χ0) is 10.1. The van der Waals surface area contributed by atoms with Gasteiger partial charge in [0.1, 0.15) is 0 Å². The second-order valence-electron chi connectivity index (χ2n) is 2.94. The summed E-state index contributed by atoms with van der Waals surface area (Å²) in [6, 6.07) is 1.78. The van der Waals surface area contributed by atoms with E-state index in [1.54, 1.807) is 17.4 Å². The van der Waals surface area contributed by atoms with E-state index in [1.165, 1.54) is 6.20 Å². The van der Waals surface area contributed by atoms with E-state index in [-0.39, 0.29) is 5.69 Å². The van der Waals surface area contributed by atoms with E-state index < -0.39 is 0 Å². The topological polar surface area (TPSA) is 58.6 Å². The number of aromatic amines is 1. The summed E-state index contributed by atoms with van der Waals surface area (Å²) < 4.78 is 0. The first-order chi connectivity index (χ1) is 6.66. The highest BCUT2D eigenvalue weighted by atomic mass is 32.1. The van der Waals surface area contributed by atoms with Crippen molar-refractivity contribution in [2.45, 2.75) is 13.8 Å². The van der Waals surface area contributed by atoms with Crippen LogP contribution in [-0.2, 0) is 0 Å². The molecule has 2 aromatic rings. The van der Waals surface area contributed by atoms with Gasteiger partial charge in [0.2, 0.25) is 0 Å². The summed E-state index contributed by atoms with van der Waals surface area (Å²) in [5, 5.41) is 0.996. The molecule has 5 heteroatoms. The molecule has 0 atom stereocenters. The van der Waals surface area contributed by atoms with Crippen molar-refractivity contribution in [2.75, 3.05) is 0 Å². The minimum atomic E-state index is -0.326. The number of nitrogens with zero attached hydrogens (tertiary/aromatic N) is 2. The molecule has 0 amide bonds. The third kappa shape index (κ3) is 1.58. The summed E-state index contributed by atoms with van der Waals surface area (Å²) in [5.41, 5.74) is 1.40. The molecule has 0 fully saturated rings. The smallest absolute Gasteiger partial charge is 0.305 e. The number of hydrogen-bond donors (Lipinski definition) is 1. The van der Waals surface area contributed by atoms with Gasteiger partial charge in [-0.05, 0) is 19.9 Å². The molecule has 0 aliphatic heterocycles. The van der Waals surface area contributed by atoms with Crippen molar-refractivity contribution in [3.05, 3.63) is 33.4 Å². The maximum atomic E-state index is 11.0. The highest BCUT2D eigenvalue weighted by Crippen LogP contribution is 2.26. The fraction of sp³-hybridized carbons (Fsp3) is 0.222. The Balaban J connectivity index is 2.59. The molecule has 0 saturated carbocycles. The number of H-pyrrole nitrogens is 1. The highest BCUT2D eigenvalue weighted by Gasteiger charge is 2.07. The molecule has 2 aromatic heterocycles. The molecule has 0 aliphatic carbocycles. The van der Waals surface area contributed by atoms with Crippen molar-refractivity contribution in [3.8, 4) is 10.6 Å². The van der Waals surface area contributed by atoms with Crippen molar-refractivity contribution in [1.82, 2.24) is 15.0 Å². The third-order valence-corrected chi connectivity index (χ3v) is 2.93. The van der Waals surface area contributed by atoms with Crippen molar-refractivity contribution >= 4 is 11.3 Å². The normalized spacial score (nSPS) is 10.4. The zero-order valence-corrected chi connectivity index (χ0v) is 8.68. The van der Waals surface area contributed by atoms with E-state index in [0.29, 0.717) is 0 Å². The molecule has 0 bridgehead atoms. The maximum absolute atomic E-state index is 11.0. The van der Waals surface area contributed by atoms with Crippen molar-refractivity contribution in [2.24, 2.45) is 0 Å². The first-order valence-electron chi connectivity index (χ1n) is 4.16. The lowest BCUT2D eigenvalue weighted by Gasteiger charge is -1.95. The molecule has 2 heterocycles. The molecule has 1 N–H and O–H groups in total. The van der Waals surface area contributed by atoms with Gasteiger partial charge in [-0.1, -0.05) is 0 Å². The van der Waals surface area contributed by atoms with Crippen molar-refractivity contribution < 1.29 is 0 Å². The Morgan fingerprint density at radius 1 is 1.43 bits per heavy atom. The lowest BCUT2D eigenvalue weighted by Crippen LogP contribution is -2.09. The summed E-state index contributed by atoms with van der Waals surface area (Å²) in [5.74, 6) is 0. The Bertz CT molecular complexity index is 515. The van der Waals surface area contributed by atoms with Gasteiger partial charge in [0, 0.05) is 6.20 Å². The Morgan fingerprint density at radius 3 is 2.79 bits per heavy atom. The van der Waals surface area contributed by atoms with Crippen molar-refractivity contribution in [3.63, 3.8) is 0 Å². The summed E-state index contributed by atoms with van der Waals surface area (Å²) in [6.07, 6.45) is 1.50. The first-order valence-corrected chi connectivity index (χ1v) is 4.98. The number of thiazole rings is 1. The van der Waals surface area contributed by atoms with Crippen LogP contribution in [0.4, 0.5) is 0 Å². The SMILES string of the molecule is Cc1nc(C)c(-c2ccnc(=O)[nH]2)s1. The van der Waals surface area contributed by atoms with Crippen LogP contribution in [-0.4, -0.2) is 15.0 Å². The van der Waals surface area contributed by atoms with Gasteiger partial charge in [0.05, 0.1) is 21.3 Å². The van der Waals surface area contributed by atoms with Crippen LogP contribution in [0.15, 0.2) is 17.1 Å². The number of nitrogens with one attached hydrogen (secondary N) is 1. The maximum Gasteiger partial charge on any atom is 0.345 e. The van der Waals surface area contributed by atoms with Gasteiger partial charge in [-0.15, -0.1) is 11.3 Å². The average Bonchev–Trinajstić information content (AvgIpc) is 2.45. The van der Waals surface area contributed by atoms with Gasteiger partial charge in [-0.25, -0.2) is 14.8 Å². The summed E-state index contributed by atoms with van der Waals surface area (Å²) >= 11 is 1.57. The molecule has 14 heavy (non-hydrogen) atoms. The molecule has 0 aromatic carbocycles. The molecule has 0 saturated heterocycles. The first kappa shape index (κ1) is 9.08. The molecule has 2 rings (SSSR count). The van der Waals surface area contributed by atoms with E-state index in [0.717, 1.165) is 21.3 Å². The summed E-state index contributed by atoms with van der Waals surface area (Å²) in [7, 11) is 0. The molecule has 72 valence electrons. The number of rotatable bonds is 1. The van der Waals surface area contributed by atoms with Crippen LogP contribution < -0.4 is 5.69 Å². The Hall–Kier alpha value is -1.49. The van der Waals surface area contributed by atoms with E-state index >= 15 is 0 Å². The molecule has 0 radical (unpaired) electrons. The van der Waals surface area contributed by atoms with Crippen LogP contribution >= 0.6 is 11.3 Å². The fourth-order valence-corrected chi connectivity index (χ4v) is 2.18. The average molecular weight is 207 g/mol. The quantitative estimate of drug-likeness (QED) is 0.771. The number of aromatic nitrogens is 3. The van der Waals surface area contributed by atoms with E-state index in [9.17, 15) is 4.79 Å². The monoisotopic (exact) mass is 207 g/mol. The summed E-state index contributed by atoms with van der Waals surface area (Å²) in [4.78, 5) is 22.6. The summed E-state index contributed by atoms with van der Waals surface area (Å²) in [6.45, 7) is 3.87. The van der Waals surface area contributed by atoms with Crippen molar-refractivity contribution in [1.29, 1.82) is 0 Å².